The number of anilines is 1. The summed E-state index contributed by atoms with van der Waals surface area (Å²) in [6.45, 7) is 1.68. The molecule has 2 aromatic carbocycles. The summed E-state index contributed by atoms with van der Waals surface area (Å²) in [6.07, 6.45) is 1.35. The monoisotopic (exact) mass is 433 g/mol. The molecule has 0 heterocycles. The Bertz CT molecular complexity index is 1000. The van der Waals surface area contributed by atoms with Crippen LogP contribution in [0.5, 0.6) is 11.5 Å². The van der Waals surface area contributed by atoms with Crippen LogP contribution in [0, 0.1) is 11.3 Å². The molecule has 2 amide bonds. The normalized spacial score (nSPS) is 10.8. The maximum Gasteiger partial charge on any atom is 0.266 e. The van der Waals surface area contributed by atoms with Crippen LogP contribution in [0.4, 0.5) is 5.69 Å². The van der Waals surface area contributed by atoms with Crippen molar-refractivity contribution in [1.82, 2.24) is 0 Å². The molecule has 7 nitrogen and oxygen atoms in total. The summed E-state index contributed by atoms with van der Waals surface area (Å²) >= 11 is 12.2. The van der Waals surface area contributed by atoms with E-state index in [9.17, 15) is 14.9 Å². The van der Waals surface area contributed by atoms with Crippen molar-refractivity contribution in [2.24, 2.45) is 5.73 Å². The largest absolute Gasteiger partial charge is 0.490 e. The Morgan fingerprint density at radius 2 is 1.93 bits per heavy atom. The Morgan fingerprint density at radius 3 is 2.55 bits per heavy atom. The number of nitrogens with zero attached hydrogens (tertiary/aromatic N) is 1. The molecule has 0 saturated carbocycles. The highest BCUT2D eigenvalue weighted by Gasteiger charge is 2.16. The summed E-state index contributed by atoms with van der Waals surface area (Å²) in [5.74, 6) is -0.918. The minimum absolute atomic E-state index is 0.132. The maximum atomic E-state index is 12.4. The maximum absolute atomic E-state index is 12.4. The molecular formula is C20H17Cl2N3O4. The highest BCUT2D eigenvalue weighted by atomic mass is 35.5. The summed E-state index contributed by atoms with van der Waals surface area (Å²) in [6, 6.07) is 11.5. The second-order valence-electron chi connectivity index (χ2n) is 5.62. The van der Waals surface area contributed by atoms with Crippen molar-refractivity contribution in [2.75, 3.05) is 18.5 Å². The molecule has 2 aromatic rings. The van der Waals surface area contributed by atoms with Gasteiger partial charge in [0.25, 0.3) is 11.8 Å². The zero-order chi connectivity index (χ0) is 21.4. The van der Waals surface area contributed by atoms with E-state index in [4.69, 9.17) is 38.4 Å². The smallest absolute Gasteiger partial charge is 0.266 e. The van der Waals surface area contributed by atoms with Crippen LogP contribution in [0.15, 0.2) is 42.0 Å². The SMILES string of the molecule is CCOc1cc(/C=C(\C#N)C(=O)Nc2ccccc2Cl)cc(Cl)c1OCC(N)=O. The minimum atomic E-state index is -0.671. The quantitative estimate of drug-likeness (QED) is 0.485. The van der Waals surface area contributed by atoms with Crippen molar-refractivity contribution in [1.29, 1.82) is 5.26 Å². The summed E-state index contributed by atoms with van der Waals surface area (Å²) in [5, 5.41) is 12.4. The zero-order valence-corrected chi connectivity index (χ0v) is 16.9. The third-order valence-corrected chi connectivity index (χ3v) is 4.10. The predicted octanol–water partition coefficient (Wildman–Crippen LogP) is 3.80. The molecule has 0 aliphatic heterocycles. The average Bonchev–Trinajstić information content (AvgIpc) is 2.67. The van der Waals surface area contributed by atoms with Crippen molar-refractivity contribution in [3.05, 3.63) is 57.6 Å². The van der Waals surface area contributed by atoms with Gasteiger partial charge in [0.1, 0.15) is 11.6 Å². The number of carbonyl (C=O) groups is 2. The summed E-state index contributed by atoms with van der Waals surface area (Å²) in [4.78, 5) is 23.4. The predicted molar refractivity (Wildman–Crippen MR) is 111 cm³/mol. The number of hydrogen-bond donors (Lipinski definition) is 2. The van der Waals surface area contributed by atoms with E-state index in [0.717, 1.165) is 0 Å². The van der Waals surface area contributed by atoms with Gasteiger partial charge >= 0.3 is 0 Å². The van der Waals surface area contributed by atoms with E-state index >= 15 is 0 Å². The van der Waals surface area contributed by atoms with Crippen LogP contribution >= 0.6 is 23.2 Å². The van der Waals surface area contributed by atoms with Crippen molar-refractivity contribution >= 4 is 46.8 Å². The Kier molecular flexibility index (Phi) is 7.89. The van der Waals surface area contributed by atoms with Gasteiger partial charge in [-0.2, -0.15) is 5.26 Å². The first-order valence-electron chi connectivity index (χ1n) is 8.40. The van der Waals surface area contributed by atoms with Crippen LogP contribution in [-0.2, 0) is 9.59 Å². The van der Waals surface area contributed by atoms with Crippen molar-refractivity contribution < 1.29 is 19.1 Å². The number of para-hydroxylation sites is 1. The van der Waals surface area contributed by atoms with Gasteiger partial charge in [0, 0.05) is 0 Å². The molecule has 0 aliphatic carbocycles. The van der Waals surface area contributed by atoms with E-state index in [1.54, 1.807) is 31.2 Å². The van der Waals surface area contributed by atoms with Crippen molar-refractivity contribution in [2.45, 2.75) is 6.92 Å². The van der Waals surface area contributed by atoms with Gasteiger partial charge in [0.15, 0.2) is 18.1 Å². The lowest BCUT2D eigenvalue weighted by atomic mass is 10.1. The second-order valence-corrected chi connectivity index (χ2v) is 6.44. The van der Waals surface area contributed by atoms with E-state index in [1.165, 1.54) is 18.2 Å². The summed E-state index contributed by atoms with van der Waals surface area (Å²) in [5.41, 5.74) is 5.72. The Hall–Kier alpha value is -3.21. The summed E-state index contributed by atoms with van der Waals surface area (Å²) in [7, 11) is 0. The van der Waals surface area contributed by atoms with Gasteiger partial charge in [-0.05, 0) is 42.8 Å². The van der Waals surface area contributed by atoms with Gasteiger partial charge in [0.2, 0.25) is 0 Å². The van der Waals surface area contributed by atoms with Crippen LogP contribution in [0.1, 0.15) is 12.5 Å². The van der Waals surface area contributed by atoms with E-state index < -0.39 is 11.8 Å². The van der Waals surface area contributed by atoms with Crippen LogP contribution in [0.3, 0.4) is 0 Å². The zero-order valence-electron chi connectivity index (χ0n) is 15.4. The van der Waals surface area contributed by atoms with Gasteiger partial charge in [-0.1, -0.05) is 35.3 Å². The van der Waals surface area contributed by atoms with Crippen molar-refractivity contribution in [3.8, 4) is 17.6 Å². The lowest BCUT2D eigenvalue weighted by Crippen LogP contribution is -2.20. The summed E-state index contributed by atoms with van der Waals surface area (Å²) < 4.78 is 10.8. The number of benzene rings is 2. The fourth-order valence-electron chi connectivity index (χ4n) is 2.29. The van der Waals surface area contributed by atoms with Gasteiger partial charge in [-0.25, -0.2) is 0 Å². The molecule has 0 aliphatic rings. The number of nitriles is 1. The Morgan fingerprint density at radius 1 is 1.21 bits per heavy atom. The van der Waals surface area contributed by atoms with Gasteiger partial charge in [0.05, 0.1) is 22.3 Å². The average molecular weight is 434 g/mol. The highest BCUT2D eigenvalue weighted by Crippen LogP contribution is 2.37. The molecule has 3 N–H and O–H groups in total. The molecule has 29 heavy (non-hydrogen) atoms. The van der Waals surface area contributed by atoms with Gasteiger partial charge in [-0.15, -0.1) is 0 Å². The highest BCUT2D eigenvalue weighted by molar-refractivity contribution is 6.34. The minimum Gasteiger partial charge on any atom is -0.490 e. The van der Waals surface area contributed by atoms with Gasteiger partial charge in [-0.3, -0.25) is 9.59 Å². The topological polar surface area (TPSA) is 114 Å². The second kappa shape index (κ2) is 10.4. The Labute approximate surface area is 177 Å². The van der Waals surface area contributed by atoms with Crippen LogP contribution in [0.25, 0.3) is 6.08 Å². The molecule has 0 unspecified atom stereocenters. The number of rotatable bonds is 8. The molecule has 0 radical (unpaired) electrons. The van der Waals surface area contributed by atoms with E-state index in [0.29, 0.717) is 22.9 Å². The molecule has 0 aromatic heterocycles. The Balaban J connectivity index is 2.34. The number of ether oxygens (including phenoxy) is 2. The van der Waals surface area contributed by atoms with Gasteiger partial charge < -0.3 is 20.5 Å². The van der Waals surface area contributed by atoms with Crippen LogP contribution in [0.2, 0.25) is 10.0 Å². The van der Waals surface area contributed by atoms with E-state index in [1.807, 2.05) is 6.07 Å². The third-order valence-electron chi connectivity index (χ3n) is 3.49. The molecule has 2 rings (SSSR count). The molecule has 9 heteroatoms. The number of amides is 2. The fourth-order valence-corrected chi connectivity index (χ4v) is 2.74. The number of hydrogen-bond acceptors (Lipinski definition) is 5. The number of primary amides is 1. The standard InChI is InChI=1S/C20H17Cl2N3O4/c1-2-28-17-9-12(8-15(22)19(17)29-11-18(24)26)7-13(10-23)20(27)25-16-6-4-3-5-14(16)21/h3-9H,2,11H2,1H3,(H2,24,26)(H,25,27)/b13-7+. The van der Waals surface area contributed by atoms with E-state index in [-0.39, 0.29) is 28.7 Å². The number of halogens is 2. The number of nitrogens with one attached hydrogen (secondary N) is 1. The van der Waals surface area contributed by atoms with E-state index in [2.05, 4.69) is 5.32 Å². The molecule has 0 saturated heterocycles. The molecule has 0 spiro atoms. The first-order chi connectivity index (χ1) is 13.8. The first kappa shape index (κ1) is 22.1. The molecular weight excluding hydrogens is 417 g/mol. The van der Waals surface area contributed by atoms with Crippen molar-refractivity contribution in [3.63, 3.8) is 0 Å². The fraction of sp³-hybridized carbons (Fsp3) is 0.150. The molecule has 150 valence electrons. The number of nitrogens with two attached hydrogens (primary N) is 1. The van der Waals surface area contributed by atoms with Crippen LogP contribution in [-0.4, -0.2) is 25.0 Å². The molecule has 0 fully saturated rings. The third kappa shape index (κ3) is 6.14. The molecule has 0 atom stereocenters. The lowest BCUT2D eigenvalue weighted by Gasteiger charge is -2.13. The first-order valence-corrected chi connectivity index (χ1v) is 9.16. The van der Waals surface area contributed by atoms with Crippen LogP contribution < -0.4 is 20.5 Å². The number of carbonyl (C=O) groups excluding carboxylic acids is 2. The molecule has 0 bridgehead atoms. The lowest BCUT2D eigenvalue weighted by molar-refractivity contribution is -0.120.